The number of aliphatic hydroxyl groups excluding tert-OH is 3. The van der Waals surface area contributed by atoms with Crippen LogP contribution in [0.4, 0.5) is 0 Å². The molecule has 4 saturated carbocycles. The standard InChI is InChI=1S/C30H46O9/c1-15-24(33)26(36-4)25(34)27(38-15)39-18-12-17-5-6-21-20(29(17,3)22(31)13-18)7-9-28(2)19(8-10-30(21,28)35)16-11-23(32)37-14-16/h11,15,17-22,24-27,31,33-35H,5-10,12-14H2,1-4H3/t15-,17-,18-,19-,20?,21-,22-,24+,25+,26+,27-,28-,29+,30+/m1/s1. The van der Waals surface area contributed by atoms with E-state index in [0.717, 1.165) is 44.1 Å². The van der Waals surface area contributed by atoms with Gasteiger partial charge in [0.2, 0.25) is 0 Å². The summed E-state index contributed by atoms with van der Waals surface area (Å²) in [6.07, 6.45) is 2.74. The summed E-state index contributed by atoms with van der Waals surface area (Å²) >= 11 is 0. The summed E-state index contributed by atoms with van der Waals surface area (Å²) < 4.78 is 22.6. The normalized spacial score (nSPS) is 55.3. The van der Waals surface area contributed by atoms with Gasteiger partial charge in [0.05, 0.1) is 23.9 Å². The van der Waals surface area contributed by atoms with Gasteiger partial charge < -0.3 is 39.4 Å². The molecule has 2 aliphatic heterocycles. The van der Waals surface area contributed by atoms with Crippen molar-refractivity contribution in [3.8, 4) is 0 Å². The smallest absolute Gasteiger partial charge is 0.331 e. The van der Waals surface area contributed by atoms with Crippen LogP contribution in [0, 0.1) is 34.5 Å². The van der Waals surface area contributed by atoms with Gasteiger partial charge in [-0.2, -0.15) is 0 Å². The van der Waals surface area contributed by atoms with Crippen LogP contribution in [0.25, 0.3) is 0 Å². The van der Waals surface area contributed by atoms with E-state index in [1.807, 2.05) is 0 Å². The van der Waals surface area contributed by atoms with Crippen LogP contribution in [0.2, 0.25) is 0 Å². The van der Waals surface area contributed by atoms with Crippen LogP contribution in [0.1, 0.15) is 72.1 Å². The number of ether oxygens (including phenoxy) is 4. The van der Waals surface area contributed by atoms with E-state index in [4.69, 9.17) is 18.9 Å². The molecule has 0 radical (unpaired) electrons. The Morgan fingerprint density at radius 2 is 1.77 bits per heavy atom. The molecule has 0 amide bonds. The predicted molar refractivity (Wildman–Crippen MR) is 139 cm³/mol. The van der Waals surface area contributed by atoms with E-state index in [0.29, 0.717) is 19.4 Å². The van der Waals surface area contributed by atoms with Crippen LogP contribution in [-0.4, -0.2) is 88.6 Å². The van der Waals surface area contributed by atoms with E-state index in [2.05, 4.69) is 13.8 Å². The number of rotatable bonds is 4. The summed E-state index contributed by atoms with van der Waals surface area (Å²) in [5, 5.41) is 45.2. The zero-order valence-corrected chi connectivity index (χ0v) is 23.6. The van der Waals surface area contributed by atoms with E-state index in [1.165, 1.54) is 7.11 Å². The fourth-order valence-corrected chi connectivity index (χ4v) is 10.1. The van der Waals surface area contributed by atoms with Crippen LogP contribution in [0.3, 0.4) is 0 Å². The molecule has 4 N–H and O–H groups in total. The third-order valence-corrected chi connectivity index (χ3v) is 12.4. The van der Waals surface area contributed by atoms with Gasteiger partial charge in [-0.05, 0) is 86.5 Å². The molecule has 9 heteroatoms. The molecular formula is C30H46O9. The van der Waals surface area contributed by atoms with Gasteiger partial charge in [0.15, 0.2) is 6.29 Å². The fourth-order valence-electron chi connectivity index (χ4n) is 10.1. The third kappa shape index (κ3) is 4.02. The van der Waals surface area contributed by atoms with Crippen molar-refractivity contribution in [1.29, 1.82) is 0 Å². The van der Waals surface area contributed by atoms with Crippen molar-refractivity contribution in [3.05, 3.63) is 11.6 Å². The second kappa shape index (κ2) is 9.75. The number of hydrogen-bond donors (Lipinski definition) is 4. The van der Waals surface area contributed by atoms with Crippen molar-refractivity contribution in [3.63, 3.8) is 0 Å². The van der Waals surface area contributed by atoms with Crippen LogP contribution in [-0.2, 0) is 23.7 Å². The van der Waals surface area contributed by atoms with Crippen molar-refractivity contribution in [2.24, 2.45) is 34.5 Å². The molecule has 14 atom stereocenters. The summed E-state index contributed by atoms with van der Waals surface area (Å²) in [4.78, 5) is 11.8. The summed E-state index contributed by atoms with van der Waals surface area (Å²) in [5.41, 5.74) is -0.455. The highest BCUT2D eigenvalue weighted by Crippen LogP contribution is 2.70. The lowest BCUT2D eigenvalue weighted by Gasteiger charge is -2.64. The Hall–Kier alpha value is -1.07. The molecule has 1 saturated heterocycles. The van der Waals surface area contributed by atoms with Crippen LogP contribution in [0.15, 0.2) is 11.6 Å². The van der Waals surface area contributed by atoms with Gasteiger partial charge in [0, 0.05) is 25.0 Å². The molecule has 0 bridgehead atoms. The number of cyclic esters (lactones) is 1. The van der Waals surface area contributed by atoms with Gasteiger partial charge in [-0.25, -0.2) is 4.79 Å². The van der Waals surface area contributed by atoms with Crippen LogP contribution < -0.4 is 0 Å². The molecular weight excluding hydrogens is 504 g/mol. The minimum atomic E-state index is -1.13. The first-order valence-electron chi connectivity index (χ1n) is 14.9. The maximum Gasteiger partial charge on any atom is 0.331 e. The number of methoxy groups -OCH3 is 1. The van der Waals surface area contributed by atoms with Crippen molar-refractivity contribution in [2.75, 3.05) is 13.7 Å². The van der Waals surface area contributed by atoms with Gasteiger partial charge in [0.1, 0.15) is 24.9 Å². The van der Waals surface area contributed by atoms with Crippen LogP contribution >= 0.6 is 0 Å². The predicted octanol–water partition coefficient (Wildman–Crippen LogP) is 2.08. The number of aliphatic hydroxyl groups is 4. The lowest BCUT2D eigenvalue weighted by molar-refractivity contribution is -0.317. The number of hydrogen-bond acceptors (Lipinski definition) is 9. The molecule has 9 nitrogen and oxygen atoms in total. The second-order valence-corrected chi connectivity index (χ2v) is 13.8. The van der Waals surface area contributed by atoms with E-state index >= 15 is 0 Å². The number of carbonyl (C=O) groups is 1. The highest BCUT2D eigenvalue weighted by molar-refractivity contribution is 5.85. The molecule has 0 aromatic rings. The Kier molecular flexibility index (Phi) is 7.02. The number of carbonyl (C=O) groups excluding carboxylic acids is 1. The minimum Gasteiger partial charge on any atom is -0.458 e. The van der Waals surface area contributed by atoms with E-state index in [1.54, 1.807) is 13.0 Å². The highest BCUT2D eigenvalue weighted by Gasteiger charge is 2.69. The number of esters is 1. The Balaban J connectivity index is 1.19. The summed E-state index contributed by atoms with van der Waals surface area (Å²) in [5.74, 6) is 0.393. The summed E-state index contributed by atoms with van der Waals surface area (Å²) in [6.45, 7) is 6.49. The minimum absolute atomic E-state index is 0.0986. The monoisotopic (exact) mass is 550 g/mol. The SMILES string of the molecule is CO[C@@H]1[C@H](O)[C@@H](O[C@@H]2C[C@H]3CC[C@@H]4C(CC[C@]5(C)[C@@H](C6=CC(=O)OC6)CC[C@]45O)[C@@]3(C)[C@H](O)C2)O[C@H](C)[C@@H]1O. The topological polar surface area (TPSA) is 135 Å². The summed E-state index contributed by atoms with van der Waals surface area (Å²) in [7, 11) is 1.45. The zero-order valence-electron chi connectivity index (χ0n) is 23.6. The van der Waals surface area contributed by atoms with Crippen LogP contribution in [0.5, 0.6) is 0 Å². The molecule has 0 spiro atoms. The molecule has 39 heavy (non-hydrogen) atoms. The van der Waals surface area contributed by atoms with Crippen molar-refractivity contribution in [1.82, 2.24) is 0 Å². The Morgan fingerprint density at radius 1 is 1.00 bits per heavy atom. The lowest BCUT2D eigenvalue weighted by Crippen LogP contribution is -2.65. The molecule has 0 aromatic heterocycles. The zero-order chi connectivity index (χ0) is 27.9. The average molecular weight is 551 g/mol. The molecule has 6 rings (SSSR count). The molecule has 6 aliphatic rings. The second-order valence-electron chi connectivity index (χ2n) is 13.8. The van der Waals surface area contributed by atoms with Gasteiger partial charge in [-0.3, -0.25) is 0 Å². The highest BCUT2D eigenvalue weighted by atomic mass is 16.7. The molecule has 2 heterocycles. The third-order valence-electron chi connectivity index (χ3n) is 12.4. The van der Waals surface area contributed by atoms with Crippen molar-refractivity contribution in [2.45, 2.75) is 121 Å². The molecule has 220 valence electrons. The Labute approximate surface area is 230 Å². The van der Waals surface area contributed by atoms with Gasteiger partial charge >= 0.3 is 5.97 Å². The fraction of sp³-hybridized carbons (Fsp3) is 0.900. The van der Waals surface area contributed by atoms with E-state index in [-0.39, 0.29) is 46.6 Å². The van der Waals surface area contributed by atoms with E-state index < -0.39 is 42.4 Å². The van der Waals surface area contributed by atoms with Gasteiger partial charge in [0.25, 0.3) is 0 Å². The first-order valence-corrected chi connectivity index (χ1v) is 14.9. The van der Waals surface area contributed by atoms with Crippen molar-refractivity contribution >= 4 is 5.97 Å². The maximum atomic E-state index is 12.4. The first kappa shape index (κ1) is 28.1. The summed E-state index contributed by atoms with van der Waals surface area (Å²) in [6, 6.07) is 0. The average Bonchev–Trinajstić information content (AvgIpc) is 3.43. The molecule has 0 aromatic carbocycles. The largest absolute Gasteiger partial charge is 0.458 e. The molecule has 4 aliphatic carbocycles. The van der Waals surface area contributed by atoms with Gasteiger partial charge in [-0.1, -0.05) is 13.8 Å². The molecule has 1 unspecified atom stereocenters. The lowest BCUT2D eigenvalue weighted by atomic mass is 9.42. The van der Waals surface area contributed by atoms with Crippen molar-refractivity contribution < 1.29 is 44.2 Å². The molecule has 5 fully saturated rings. The van der Waals surface area contributed by atoms with Gasteiger partial charge in [-0.15, -0.1) is 0 Å². The quantitative estimate of drug-likeness (QED) is 0.307. The Bertz CT molecular complexity index is 1000. The number of fused-ring (bicyclic) bond motifs is 5. The van der Waals surface area contributed by atoms with E-state index in [9.17, 15) is 25.2 Å². The first-order chi connectivity index (χ1) is 18.4. The maximum absolute atomic E-state index is 12.4. The Morgan fingerprint density at radius 3 is 2.46 bits per heavy atom.